The fourth-order valence-electron chi connectivity index (χ4n) is 3.70. The number of nitrogens with zero attached hydrogens (tertiary/aromatic N) is 3. The number of benzene rings is 2. The molecule has 8 nitrogen and oxygen atoms in total. The standard InChI is InChI=1S/C23H22N6O2/c1-13(14-3-2-4-16(9-14)22(30)27-17-6-7-17)29-12-25-20-10-15(5-8-18(20)23(29)31)19-11-26-28-21(19)24/h2-5,8-13,17H,6-7H2,1H3,(H,27,30)(H3,24,26,28). The summed E-state index contributed by atoms with van der Waals surface area (Å²) in [6.07, 6.45) is 5.27. The first kappa shape index (κ1) is 19.0. The van der Waals surface area contributed by atoms with E-state index in [4.69, 9.17) is 5.73 Å². The summed E-state index contributed by atoms with van der Waals surface area (Å²) in [5.41, 5.74) is 9.42. The first-order valence-corrected chi connectivity index (χ1v) is 10.2. The first-order valence-electron chi connectivity index (χ1n) is 10.2. The van der Waals surface area contributed by atoms with Gasteiger partial charge in [0.05, 0.1) is 29.5 Å². The largest absolute Gasteiger partial charge is 0.384 e. The smallest absolute Gasteiger partial charge is 0.261 e. The van der Waals surface area contributed by atoms with Crippen molar-refractivity contribution in [1.82, 2.24) is 25.1 Å². The Morgan fingerprint density at radius 1 is 1.26 bits per heavy atom. The summed E-state index contributed by atoms with van der Waals surface area (Å²) in [5, 5.41) is 10.2. The van der Waals surface area contributed by atoms with E-state index in [0.717, 1.165) is 29.5 Å². The Morgan fingerprint density at radius 3 is 2.84 bits per heavy atom. The van der Waals surface area contributed by atoms with Crippen molar-refractivity contribution < 1.29 is 4.79 Å². The minimum atomic E-state index is -0.276. The number of H-pyrrole nitrogens is 1. The van der Waals surface area contributed by atoms with Gasteiger partial charge in [0.15, 0.2) is 0 Å². The van der Waals surface area contributed by atoms with Gasteiger partial charge in [-0.2, -0.15) is 5.10 Å². The van der Waals surface area contributed by atoms with Crippen LogP contribution in [0.5, 0.6) is 0 Å². The minimum Gasteiger partial charge on any atom is -0.384 e. The van der Waals surface area contributed by atoms with Gasteiger partial charge in [-0.25, -0.2) is 4.98 Å². The third-order valence-corrected chi connectivity index (χ3v) is 5.72. The molecule has 1 atom stereocenters. The second-order valence-electron chi connectivity index (χ2n) is 7.94. The van der Waals surface area contributed by atoms with Crippen LogP contribution < -0.4 is 16.6 Å². The summed E-state index contributed by atoms with van der Waals surface area (Å²) in [6, 6.07) is 12.8. The molecule has 1 saturated carbocycles. The first-order chi connectivity index (χ1) is 15.0. The van der Waals surface area contributed by atoms with Crippen molar-refractivity contribution in [3.05, 3.63) is 76.5 Å². The van der Waals surface area contributed by atoms with Gasteiger partial charge in [-0.15, -0.1) is 0 Å². The van der Waals surface area contributed by atoms with Gasteiger partial charge in [0.25, 0.3) is 11.5 Å². The van der Waals surface area contributed by atoms with Gasteiger partial charge in [-0.3, -0.25) is 19.3 Å². The van der Waals surface area contributed by atoms with E-state index in [2.05, 4.69) is 20.5 Å². The van der Waals surface area contributed by atoms with Crippen LogP contribution in [-0.2, 0) is 0 Å². The van der Waals surface area contributed by atoms with Crippen molar-refractivity contribution in [2.45, 2.75) is 31.8 Å². The molecular weight excluding hydrogens is 392 g/mol. The number of carbonyl (C=O) groups is 1. The van der Waals surface area contributed by atoms with Crippen molar-refractivity contribution in [3.63, 3.8) is 0 Å². The van der Waals surface area contributed by atoms with E-state index in [-0.39, 0.29) is 17.5 Å². The molecule has 0 aliphatic heterocycles. The zero-order valence-corrected chi connectivity index (χ0v) is 17.0. The summed E-state index contributed by atoms with van der Waals surface area (Å²) >= 11 is 0. The lowest BCUT2D eigenvalue weighted by Gasteiger charge is -2.17. The molecule has 4 N–H and O–H groups in total. The van der Waals surface area contributed by atoms with Gasteiger partial charge in [0.2, 0.25) is 0 Å². The number of aromatic nitrogens is 4. The molecule has 2 aromatic carbocycles. The predicted molar refractivity (Wildman–Crippen MR) is 119 cm³/mol. The van der Waals surface area contributed by atoms with Crippen molar-refractivity contribution in [2.75, 3.05) is 5.73 Å². The Kier molecular flexibility index (Phi) is 4.54. The normalized spacial score (nSPS) is 14.5. The van der Waals surface area contributed by atoms with Crippen molar-refractivity contribution in [2.24, 2.45) is 0 Å². The topological polar surface area (TPSA) is 119 Å². The van der Waals surface area contributed by atoms with Crippen molar-refractivity contribution >= 4 is 22.6 Å². The minimum absolute atomic E-state index is 0.0772. The maximum atomic E-state index is 13.2. The fourth-order valence-corrected chi connectivity index (χ4v) is 3.70. The Labute approximate surface area is 178 Å². The molecule has 2 heterocycles. The maximum Gasteiger partial charge on any atom is 0.261 e. The molecule has 0 radical (unpaired) electrons. The average molecular weight is 414 g/mol. The van der Waals surface area contributed by atoms with E-state index in [1.165, 1.54) is 0 Å². The summed E-state index contributed by atoms with van der Waals surface area (Å²) < 4.78 is 1.59. The predicted octanol–water partition coefficient (Wildman–Crippen LogP) is 2.87. The molecule has 2 aromatic heterocycles. The highest BCUT2D eigenvalue weighted by molar-refractivity contribution is 5.94. The summed E-state index contributed by atoms with van der Waals surface area (Å²) in [5.74, 6) is 0.388. The van der Waals surface area contributed by atoms with Crippen LogP contribution in [0.25, 0.3) is 22.0 Å². The number of nitrogens with two attached hydrogens (primary N) is 1. The number of nitrogens with one attached hydrogen (secondary N) is 2. The summed E-state index contributed by atoms with van der Waals surface area (Å²) in [6.45, 7) is 1.92. The summed E-state index contributed by atoms with van der Waals surface area (Å²) in [7, 11) is 0. The lowest BCUT2D eigenvalue weighted by molar-refractivity contribution is 0.0951. The van der Waals surface area contributed by atoms with E-state index in [1.54, 1.807) is 29.2 Å². The van der Waals surface area contributed by atoms with Crippen LogP contribution in [0.3, 0.4) is 0 Å². The maximum absolute atomic E-state index is 13.2. The molecule has 1 aliphatic carbocycles. The van der Waals surface area contributed by atoms with Gasteiger partial charge in [0, 0.05) is 17.2 Å². The highest BCUT2D eigenvalue weighted by atomic mass is 16.1. The molecule has 31 heavy (non-hydrogen) atoms. The molecule has 1 unspecified atom stereocenters. The van der Waals surface area contributed by atoms with Gasteiger partial charge in [-0.05, 0) is 55.2 Å². The van der Waals surface area contributed by atoms with Gasteiger partial charge in [0.1, 0.15) is 5.82 Å². The molecular formula is C23H22N6O2. The van der Waals surface area contributed by atoms with Crippen molar-refractivity contribution in [1.29, 1.82) is 0 Å². The quantitative estimate of drug-likeness (QED) is 0.464. The SMILES string of the molecule is CC(c1cccc(C(=O)NC2CC2)c1)n1cnc2cc(-c3cn[nH]c3N)ccc2c1=O. The number of nitrogen functional groups attached to an aromatic ring is 1. The molecule has 0 saturated heterocycles. The molecule has 5 rings (SSSR count). The number of amides is 1. The second-order valence-corrected chi connectivity index (χ2v) is 7.94. The molecule has 1 amide bonds. The lowest BCUT2D eigenvalue weighted by Crippen LogP contribution is -2.26. The Morgan fingerprint density at radius 2 is 2.10 bits per heavy atom. The number of aromatic amines is 1. The van der Waals surface area contributed by atoms with Gasteiger partial charge < -0.3 is 11.1 Å². The Hall–Kier alpha value is -3.94. The van der Waals surface area contributed by atoms with E-state index >= 15 is 0 Å². The van der Waals surface area contributed by atoms with E-state index in [9.17, 15) is 9.59 Å². The number of hydrogen-bond donors (Lipinski definition) is 3. The molecule has 0 bridgehead atoms. The third-order valence-electron chi connectivity index (χ3n) is 5.72. The van der Waals surface area contributed by atoms with Crippen LogP contribution in [0.15, 0.2) is 59.8 Å². The molecule has 1 fully saturated rings. The van der Waals surface area contributed by atoms with Crippen LogP contribution in [-0.4, -0.2) is 31.7 Å². The number of rotatable bonds is 5. The number of carbonyl (C=O) groups excluding carboxylic acids is 1. The Balaban J connectivity index is 1.48. The van der Waals surface area contributed by atoms with E-state index < -0.39 is 0 Å². The molecule has 156 valence electrons. The Bertz CT molecular complexity index is 1350. The monoisotopic (exact) mass is 414 g/mol. The fraction of sp³-hybridized carbons (Fsp3) is 0.217. The van der Waals surface area contributed by atoms with Crippen LogP contribution in [0.1, 0.15) is 41.7 Å². The molecule has 4 aromatic rings. The van der Waals surface area contributed by atoms with E-state index in [1.807, 2.05) is 37.3 Å². The van der Waals surface area contributed by atoms with Gasteiger partial charge in [-0.1, -0.05) is 18.2 Å². The molecule has 1 aliphatic rings. The highest BCUT2D eigenvalue weighted by Gasteiger charge is 2.24. The van der Waals surface area contributed by atoms with Crippen molar-refractivity contribution in [3.8, 4) is 11.1 Å². The second kappa shape index (κ2) is 7.39. The molecule has 0 spiro atoms. The van der Waals surface area contributed by atoms with Crippen LogP contribution in [0.2, 0.25) is 0 Å². The van der Waals surface area contributed by atoms with Gasteiger partial charge >= 0.3 is 0 Å². The molecule has 8 heteroatoms. The summed E-state index contributed by atoms with van der Waals surface area (Å²) in [4.78, 5) is 30.1. The van der Waals surface area contributed by atoms with E-state index in [0.29, 0.717) is 28.3 Å². The average Bonchev–Trinajstić information content (AvgIpc) is 3.50. The van der Waals surface area contributed by atoms with Crippen LogP contribution in [0, 0.1) is 0 Å². The third kappa shape index (κ3) is 3.56. The van der Waals surface area contributed by atoms with Crippen LogP contribution >= 0.6 is 0 Å². The zero-order valence-electron chi connectivity index (χ0n) is 17.0. The highest BCUT2D eigenvalue weighted by Crippen LogP contribution is 2.26. The van der Waals surface area contributed by atoms with Crippen LogP contribution in [0.4, 0.5) is 5.82 Å². The number of hydrogen-bond acceptors (Lipinski definition) is 5. The number of fused-ring (bicyclic) bond motifs is 1. The number of anilines is 1. The zero-order chi connectivity index (χ0) is 21.5. The lowest BCUT2D eigenvalue weighted by atomic mass is 10.0.